The lowest BCUT2D eigenvalue weighted by molar-refractivity contribution is 0.0563. The fourth-order valence-electron chi connectivity index (χ4n) is 1.92. The molecule has 0 amide bonds. The number of hydrogen-bond donors (Lipinski definition) is 0. The Kier molecular flexibility index (Phi) is 4.13. The summed E-state index contributed by atoms with van der Waals surface area (Å²) in [6.07, 6.45) is 0. The number of rotatable bonds is 4. The van der Waals surface area contributed by atoms with E-state index in [-0.39, 0.29) is 11.0 Å². The Balaban J connectivity index is 1.78. The van der Waals surface area contributed by atoms with E-state index in [1.54, 1.807) is 30.3 Å². The zero-order valence-corrected chi connectivity index (χ0v) is 13.4. The molecule has 0 saturated heterocycles. The molecule has 1 unspecified atom stereocenters. The van der Waals surface area contributed by atoms with Gasteiger partial charge in [0.05, 0.1) is 12.4 Å². The predicted molar refractivity (Wildman–Crippen MR) is 83.3 cm³/mol. The van der Waals surface area contributed by atoms with Crippen LogP contribution < -0.4 is 0 Å². The van der Waals surface area contributed by atoms with Crippen LogP contribution in [0.5, 0.6) is 0 Å². The SMILES string of the molecule is COC(=O)c1ccc(C(C)Sc2nc3cc(Cl)ccc3o2)o1. The standard InChI is InChI=1S/C15H12ClNO4S/c1-8(11-5-6-13(20-11)14(18)19-2)22-15-17-10-7-9(16)3-4-12(10)21-15/h3-8H,1-2H3. The van der Waals surface area contributed by atoms with E-state index in [4.69, 9.17) is 20.4 Å². The number of fused-ring (bicyclic) bond motifs is 1. The highest BCUT2D eigenvalue weighted by atomic mass is 35.5. The Hall–Kier alpha value is -1.92. The van der Waals surface area contributed by atoms with E-state index in [0.717, 1.165) is 0 Å². The summed E-state index contributed by atoms with van der Waals surface area (Å²) in [5, 5.41) is 1.06. The molecular weight excluding hydrogens is 326 g/mol. The maximum atomic E-state index is 11.4. The second-order valence-corrected chi connectivity index (χ2v) is 6.27. The number of esters is 1. The lowest BCUT2D eigenvalue weighted by Gasteiger charge is -2.04. The van der Waals surface area contributed by atoms with Crippen molar-refractivity contribution in [3.63, 3.8) is 0 Å². The largest absolute Gasteiger partial charge is 0.463 e. The first-order valence-electron chi connectivity index (χ1n) is 6.47. The summed E-state index contributed by atoms with van der Waals surface area (Å²) >= 11 is 7.32. The number of hydrogen-bond acceptors (Lipinski definition) is 6. The predicted octanol–water partition coefficient (Wildman–Crippen LogP) is 4.71. The third kappa shape index (κ3) is 2.98. The summed E-state index contributed by atoms with van der Waals surface area (Å²) < 4.78 is 15.7. The molecule has 1 aromatic carbocycles. The Morgan fingerprint density at radius 1 is 1.32 bits per heavy atom. The highest BCUT2D eigenvalue weighted by molar-refractivity contribution is 7.99. The number of ether oxygens (including phenoxy) is 1. The third-order valence-electron chi connectivity index (χ3n) is 3.02. The van der Waals surface area contributed by atoms with Gasteiger partial charge in [-0.15, -0.1) is 0 Å². The average molecular weight is 338 g/mol. The maximum absolute atomic E-state index is 11.4. The molecule has 2 aromatic heterocycles. The fraction of sp³-hybridized carbons (Fsp3) is 0.200. The van der Waals surface area contributed by atoms with Crippen LogP contribution in [0.4, 0.5) is 0 Å². The van der Waals surface area contributed by atoms with Gasteiger partial charge in [-0.05, 0) is 37.3 Å². The van der Waals surface area contributed by atoms with Gasteiger partial charge in [0, 0.05) is 5.02 Å². The number of thioether (sulfide) groups is 1. The first-order chi connectivity index (χ1) is 10.6. The van der Waals surface area contributed by atoms with Gasteiger partial charge in [-0.25, -0.2) is 9.78 Å². The van der Waals surface area contributed by atoms with E-state index in [0.29, 0.717) is 27.1 Å². The molecule has 0 N–H and O–H groups in total. The van der Waals surface area contributed by atoms with Crippen LogP contribution in [-0.2, 0) is 4.74 Å². The summed E-state index contributed by atoms with van der Waals surface area (Å²) in [5.74, 6) is 0.319. The van der Waals surface area contributed by atoms with Crippen LogP contribution in [0.1, 0.15) is 28.5 Å². The van der Waals surface area contributed by atoms with Crippen molar-refractivity contribution in [2.45, 2.75) is 17.4 Å². The van der Waals surface area contributed by atoms with Gasteiger partial charge in [-0.2, -0.15) is 0 Å². The molecule has 0 aliphatic rings. The second kappa shape index (κ2) is 6.06. The Labute approximate surface area is 135 Å². The molecule has 0 spiro atoms. The van der Waals surface area contributed by atoms with Gasteiger partial charge in [0.15, 0.2) is 5.58 Å². The minimum Gasteiger partial charge on any atom is -0.463 e. The van der Waals surface area contributed by atoms with E-state index in [9.17, 15) is 4.79 Å². The topological polar surface area (TPSA) is 65.5 Å². The fourth-order valence-corrected chi connectivity index (χ4v) is 2.92. The van der Waals surface area contributed by atoms with Crippen LogP contribution in [0.25, 0.3) is 11.1 Å². The highest BCUT2D eigenvalue weighted by Crippen LogP contribution is 2.36. The molecular formula is C15H12ClNO4S. The van der Waals surface area contributed by atoms with Crippen LogP contribution >= 0.6 is 23.4 Å². The lowest BCUT2D eigenvalue weighted by Crippen LogP contribution is -1.98. The van der Waals surface area contributed by atoms with Crippen molar-refractivity contribution in [3.05, 3.63) is 46.9 Å². The maximum Gasteiger partial charge on any atom is 0.373 e. The zero-order chi connectivity index (χ0) is 15.7. The van der Waals surface area contributed by atoms with Crippen molar-refractivity contribution in [3.8, 4) is 0 Å². The van der Waals surface area contributed by atoms with Gasteiger partial charge in [-0.3, -0.25) is 0 Å². The smallest absolute Gasteiger partial charge is 0.373 e. The molecule has 3 aromatic rings. The van der Waals surface area contributed by atoms with Crippen LogP contribution in [0.2, 0.25) is 5.02 Å². The molecule has 0 fully saturated rings. The molecule has 0 saturated carbocycles. The lowest BCUT2D eigenvalue weighted by atomic mass is 10.3. The van der Waals surface area contributed by atoms with Crippen LogP contribution in [-0.4, -0.2) is 18.1 Å². The quantitative estimate of drug-likeness (QED) is 0.507. The van der Waals surface area contributed by atoms with E-state index < -0.39 is 5.97 Å². The minimum atomic E-state index is -0.500. The summed E-state index contributed by atoms with van der Waals surface area (Å²) in [4.78, 5) is 15.8. The summed E-state index contributed by atoms with van der Waals surface area (Å²) in [5.41, 5.74) is 1.38. The minimum absolute atomic E-state index is 0.0676. The molecule has 5 nitrogen and oxygen atoms in total. The van der Waals surface area contributed by atoms with Crippen molar-refractivity contribution in [1.29, 1.82) is 0 Å². The Morgan fingerprint density at radius 3 is 2.91 bits per heavy atom. The van der Waals surface area contributed by atoms with Crippen LogP contribution in [0.15, 0.2) is 44.4 Å². The van der Waals surface area contributed by atoms with Crippen molar-refractivity contribution in [2.24, 2.45) is 0 Å². The van der Waals surface area contributed by atoms with Gasteiger partial charge in [-0.1, -0.05) is 23.4 Å². The molecule has 7 heteroatoms. The van der Waals surface area contributed by atoms with Crippen LogP contribution in [0.3, 0.4) is 0 Å². The molecule has 114 valence electrons. The number of aromatic nitrogens is 1. The monoisotopic (exact) mass is 337 g/mol. The van der Waals surface area contributed by atoms with Crippen molar-refractivity contribution in [2.75, 3.05) is 7.11 Å². The van der Waals surface area contributed by atoms with Gasteiger partial charge in [0.1, 0.15) is 11.3 Å². The molecule has 0 bridgehead atoms. The van der Waals surface area contributed by atoms with E-state index in [2.05, 4.69) is 9.72 Å². The molecule has 2 heterocycles. The van der Waals surface area contributed by atoms with E-state index in [1.807, 2.05) is 6.92 Å². The third-order valence-corrected chi connectivity index (χ3v) is 4.22. The first-order valence-corrected chi connectivity index (χ1v) is 7.73. The summed E-state index contributed by atoms with van der Waals surface area (Å²) in [6.45, 7) is 1.94. The number of furan rings is 1. The highest BCUT2D eigenvalue weighted by Gasteiger charge is 2.18. The molecule has 0 aliphatic heterocycles. The summed E-state index contributed by atoms with van der Waals surface area (Å²) in [6, 6.07) is 8.61. The van der Waals surface area contributed by atoms with Gasteiger partial charge in [0.25, 0.3) is 5.22 Å². The van der Waals surface area contributed by atoms with Gasteiger partial charge >= 0.3 is 5.97 Å². The normalized spacial score (nSPS) is 12.5. The molecule has 0 radical (unpaired) electrons. The van der Waals surface area contributed by atoms with Crippen LogP contribution in [0, 0.1) is 0 Å². The van der Waals surface area contributed by atoms with Gasteiger partial charge in [0.2, 0.25) is 5.76 Å². The molecule has 22 heavy (non-hydrogen) atoms. The van der Waals surface area contributed by atoms with E-state index in [1.165, 1.54) is 18.9 Å². The number of nitrogens with zero attached hydrogens (tertiary/aromatic N) is 1. The van der Waals surface area contributed by atoms with E-state index >= 15 is 0 Å². The number of halogens is 1. The van der Waals surface area contributed by atoms with Crippen molar-refractivity contribution >= 4 is 40.4 Å². The number of methoxy groups -OCH3 is 1. The molecule has 1 atom stereocenters. The zero-order valence-electron chi connectivity index (χ0n) is 11.8. The first kappa shape index (κ1) is 15.0. The average Bonchev–Trinajstić information content (AvgIpc) is 3.12. The molecule has 0 aliphatic carbocycles. The number of oxazole rings is 1. The number of benzene rings is 1. The summed E-state index contributed by atoms with van der Waals surface area (Å²) in [7, 11) is 1.31. The second-order valence-electron chi connectivity index (χ2n) is 4.55. The van der Waals surface area contributed by atoms with Gasteiger partial charge < -0.3 is 13.6 Å². The van der Waals surface area contributed by atoms with Crippen molar-refractivity contribution < 1.29 is 18.4 Å². The molecule has 3 rings (SSSR count). The Morgan fingerprint density at radius 2 is 2.14 bits per heavy atom. The number of carbonyl (C=O) groups is 1. The van der Waals surface area contributed by atoms with Crippen molar-refractivity contribution in [1.82, 2.24) is 4.98 Å². The number of carbonyl (C=O) groups excluding carboxylic acids is 1. The Bertz CT molecular complexity index is 826.